The molecule has 2 rings (SSSR count). The highest BCUT2D eigenvalue weighted by Gasteiger charge is 2.14. The van der Waals surface area contributed by atoms with Crippen molar-refractivity contribution >= 4 is 11.8 Å². The molecule has 0 spiro atoms. The number of methoxy groups -OCH3 is 1. The molecule has 2 N–H and O–H groups in total. The maximum absolute atomic E-state index is 11.4. The number of hydrogen-bond acceptors (Lipinski definition) is 6. The average Bonchev–Trinajstić information content (AvgIpc) is 2.67. The molecular formula is C12H18N4O2. The molecule has 0 aromatic carbocycles. The Hall–Kier alpha value is -1.69. The first kappa shape index (κ1) is 12.8. The highest BCUT2D eigenvalue weighted by Crippen LogP contribution is 2.12. The summed E-state index contributed by atoms with van der Waals surface area (Å²) in [5.41, 5.74) is 0.231. The van der Waals surface area contributed by atoms with Crippen LogP contribution in [-0.2, 0) is 4.74 Å². The van der Waals surface area contributed by atoms with Gasteiger partial charge in [-0.3, -0.25) is 4.98 Å². The van der Waals surface area contributed by atoms with Gasteiger partial charge in [0.25, 0.3) is 0 Å². The summed E-state index contributed by atoms with van der Waals surface area (Å²) in [6.45, 7) is 2.06. The molecule has 1 fully saturated rings. The number of ether oxygens (including phenoxy) is 1. The van der Waals surface area contributed by atoms with Gasteiger partial charge in [-0.15, -0.1) is 0 Å². The van der Waals surface area contributed by atoms with Crippen LogP contribution in [0.5, 0.6) is 0 Å². The van der Waals surface area contributed by atoms with Crippen LogP contribution < -0.4 is 10.6 Å². The third-order valence-corrected chi connectivity index (χ3v) is 2.96. The Morgan fingerprint density at radius 1 is 1.44 bits per heavy atom. The second kappa shape index (κ2) is 6.30. The van der Waals surface area contributed by atoms with Gasteiger partial charge in [0, 0.05) is 6.04 Å². The monoisotopic (exact) mass is 250 g/mol. The van der Waals surface area contributed by atoms with E-state index >= 15 is 0 Å². The van der Waals surface area contributed by atoms with E-state index in [2.05, 4.69) is 25.3 Å². The number of nitrogens with one attached hydrogen (secondary N) is 2. The second-order valence-electron chi connectivity index (χ2n) is 4.30. The molecular weight excluding hydrogens is 232 g/mol. The summed E-state index contributed by atoms with van der Waals surface area (Å²) in [6, 6.07) is 0.377. The number of anilines is 1. The Bertz CT molecular complexity index is 403. The maximum atomic E-state index is 11.4. The Labute approximate surface area is 106 Å². The molecule has 6 nitrogen and oxygen atoms in total. The summed E-state index contributed by atoms with van der Waals surface area (Å²) in [4.78, 5) is 19.6. The average molecular weight is 250 g/mol. The van der Waals surface area contributed by atoms with Crippen LogP contribution in [0.25, 0.3) is 0 Å². The zero-order chi connectivity index (χ0) is 12.8. The van der Waals surface area contributed by atoms with Crippen molar-refractivity contribution < 1.29 is 9.53 Å². The van der Waals surface area contributed by atoms with Gasteiger partial charge in [0.1, 0.15) is 5.82 Å². The standard InChI is InChI=1S/C12H18N4O2/c1-18-12(17)10-7-14-8-11(16-10)15-9-3-2-5-13-6-4-9/h7-9,13H,2-6H2,1H3,(H,15,16). The number of rotatable bonds is 3. The summed E-state index contributed by atoms with van der Waals surface area (Å²) >= 11 is 0. The zero-order valence-electron chi connectivity index (χ0n) is 10.5. The van der Waals surface area contributed by atoms with Gasteiger partial charge in [0.2, 0.25) is 0 Å². The molecule has 0 radical (unpaired) electrons. The number of hydrogen-bond donors (Lipinski definition) is 2. The van der Waals surface area contributed by atoms with Crippen molar-refractivity contribution in [2.45, 2.75) is 25.3 Å². The number of carbonyl (C=O) groups is 1. The van der Waals surface area contributed by atoms with E-state index in [0.29, 0.717) is 11.9 Å². The highest BCUT2D eigenvalue weighted by atomic mass is 16.5. The smallest absolute Gasteiger partial charge is 0.358 e. The fourth-order valence-electron chi connectivity index (χ4n) is 2.01. The number of nitrogens with zero attached hydrogens (tertiary/aromatic N) is 2. The van der Waals surface area contributed by atoms with Crippen LogP contribution in [0.3, 0.4) is 0 Å². The molecule has 0 aliphatic carbocycles. The molecule has 1 unspecified atom stereocenters. The van der Waals surface area contributed by atoms with Gasteiger partial charge in [-0.1, -0.05) is 0 Å². The minimum absolute atomic E-state index is 0.231. The van der Waals surface area contributed by atoms with Crippen molar-refractivity contribution in [3.63, 3.8) is 0 Å². The van der Waals surface area contributed by atoms with Crippen molar-refractivity contribution in [2.75, 3.05) is 25.5 Å². The summed E-state index contributed by atoms with van der Waals surface area (Å²) in [6.07, 6.45) is 6.32. The Kier molecular flexibility index (Phi) is 4.46. The van der Waals surface area contributed by atoms with E-state index in [0.717, 1.165) is 32.4 Å². The van der Waals surface area contributed by atoms with Crippen molar-refractivity contribution in [1.29, 1.82) is 0 Å². The van der Waals surface area contributed by atoms with Crippen LogP contribution in [0, 0.1) is 0 Å². The van der Waals surface area contributed by atoms with Crippen molar-refractivity contribution in [1.82, 2.24) is 15.3 Å². The molecule has 0 amide bonds. The summed E-state index contributed by atoms with van der Waals surface area (Å²) in [5, 5.41) is 6.67. The summed E-state index contributed by atoms with van der Waals surface area (Å²) < 4.78 is 4.62. The van der Waals surface area contributed by atoms with Gasteiger partial charge in [-0.05, 0) is 32.4 Å². The van der Waals surface area contributed by atoms with E-state index in [1.165, 1.54) is 13.3 Å². The minimum atomic E-state index is -0.464. The van der Waals surface area contributed by atoms with Gasteiger partial charge >= 0.3 is 5.97 Å². The minimum Gasteiger partial charge on any atom is -0.464 e. The van der Waals surface area contributed by atoms with Crippen LogP contribution in [0.2, 0.25) is 0 Å². The molecule has 1 aliphatic rings. The lowest BCUT2D eigenvalue weighted by atomic mass is 10.1. The molecule has 1 aromatic rings. The largest absolute Gasteiger partial charge is 0.464 e. The van der Waals surface area contributed by atoms with Crippen LogP contribution in [0.1, 0.15) is 29.8 Å². The van der Waals surface area contributed by atoms with Crippen molar-refractivity contribution in [3.05, 3.63) is 18.1 Å². The molecule has 98 valence electrons. The van der Waals surface area contributed by atoms with E-state index in [4.69, 9.17) is 0 Å². The van der Waals surface area contributed by atoms with Crippen LogP contribution in [-0.4, -0.2) is 42.2 Å². The molecule has 1 atom stereocenters. The highest BCUT2D eigenvalue weighted by molar-refractivity contribution is 5.87. The number of aromatic nitrogens is 2. The van der Waals surface area contributed by atoms with E-state index in [-0.39, 0.29) is 5.69 Å². The number of esters is 1. The molecule has 0 saturated carbocycles. The lowest BCUT2D eigenvalue weighted by Gasteiger charge is -2.16. The third-order valence-electron chi connectivity index (χ3n) is 2.96. The van der Waals surface area contributed by atoms with E-state index < -0.39 is 5.97 Å². The third kappa shape index (κ3) is 3.40. The quantitative estimate of drug-likeness (QED) is 0.773. The van der Waals surface area contributed by atoms with Gasteiger partial charge < -0.3 is 15.4 Å². The lowest BCUT2D eigenvalue weighted by molar-refractivity contribution is 0.0593. The predicted octanol–water partition coefficient (Wildman–Crippen LogP) is 0.817. The molecule has 1 aliphatic heterocycles. The normalized spacial score (nSPS) is 19.9. The Morgan fingerprint density at radius 3 is 3.17 bits per heavy atom. The Morgan fingerprint density at radius 2 is 2.33 bits per heavy atom. The first-order chi connectivity index (χ1) is 8.79. The van der Waals surface area contributed by atoms with Gasteiger partial charge in [-0.2, -0.15) is 0 Å². The molecule has 2 heterocycles. The topological polar surface area (TPSA) is 76.1 Å². The summed E-state index contributed by atoms with van der Waals surface area (Å²) in [5.74, 6) is 0.165. The molecule has 1 aromatic heterocycles. The molecule has 1 saturated heterocycles. The fourth-order valence-corrected chi connectivity index (χ4v) is 2.01. The Balaban J connectivity index is 2.01. The molecule has 6 heteroatoms. The van der Waals surface area contributed by atoms with Gasteiger partial charge in [-0.25, -0.2) is 9.78 Å². The van der Waals surface area contributed by atoms with E-state index in [9.17, 15) is 4.79 Å². The number of carbonyl (C=O) groups excluding carboxylic acids is 1. The fraction of sp³-hybridized carbons (Fsp3) is 0.583. The predicted molar refractivity (Wildman–Crippen MR) is 67.5 cm³/mol. The van der Waals surface area contributed by atoms with E-state index in [1.54, 1.807) is 6.20 Å². The van der Waals surface area contributed by atoms with Crippen molar-refractivity contribution in [2.24, 2.45) is 0 Å². The molecule has 0 bridgehead atoms. The van der Waals surface area contributed by atoms with Crippen LogP contribution >= 0.6 is 0 Å². The first-order valence-corrected chi connectivity index (χ1v) is 6.17. The van der Waals surface area contributed by atoms with Gasteiger partial charge in [0.15, 0.2) is 5.69 Å². The van der Waals surface area contributed by atoms with E-state index in [1.807, 2.05) is 0 Å². The van der Waals surface area contributed by atoms with Crippen LogP contribution in [0.4, 0.5) is 5.82 Å². The zero-order valence-corrected chi connectivity index (χ0v) is 10.5. The van der Waals surface area contributed by atoms with Gasteiger partial charge in [0.05, 0.1) is 19.5 Å². The molecule has 18 heavy (non-hydrogen) atoms. The van der Waals surface area contributed by atoms with Crippen LogP contribution in [0.15, 0.2) is 12.4 Å². The summed E-state index contributed by atoms with van der Waals surface area (Å²) in [7, 11) is 1.33. The first-order valence-electron chi connectivity index (χ1n) is 6.17. The second-order valence-corrected chi connectivity index (χ2v) is 4.30. The van der Waals surface area contributed by atoms with Crippen molar-refractivity contribution in [3.8, 4) is 0 Å². The maximum Gasteiger partial charge on any atom is 0.358 e. The SMILES string of the molecule is COC(=O)c1cncc(NC2CCCNCC2)n1. The lowest BCUT2D eigenvalue weighted by Crippen LogP contribution is -2.22.